The lowest BCUT2D eigenvalue weighted by molar-refractivity contribution is -0.127. The quantitative estimate of drug-likeness (QED) is 0.530. The van der Waals surface area contributed by atoms with E-state index in [9.17, 15) is 4.79 Å². The Kier molecular flexibility index (Phi) is 5.81. The molecule has 0 aromatic rings. The summed E-state index contributed by atoms with van der Waals surface area (Å²) < 4.78 is 0. The molecule has 1 amide bonds. The maximum atomic E-state index is 12.1. The van der Waals surface area contributed by atoms with Crippen molar-refractivity contribution in [2.24, 2.45) is 5.41 Å². The number of nitrogens with zero attached hydrogens (tertiary/aromatic N) is 2. The lowest BCUT2D eigenvalue weighted by atomic mass is 9.86. The van der Waals surface area contributed by atoms with Crippen molar-refractivity contribution in [3.8, 4) is 6.07 Å². The summed E-state index contributed by atoms with van der Waals surface area (Å²) in [5, 5.41) is 8.70. The highest BCUT2D eigenvalue weighted by Gasteiger charge is 2.25. The largest absolute Gasteiger partial charge is 0.326 e. The topological polar surface area (TPSA) is 44.1 Å². The molecular weight excluding hydrogens is 200 g/mol. The summed E-state index contributed by atoms with van der Waals surface area (Å²) in [5.41, 5.74) is 0.329. The van der Waals surface area contributed by atoms with Crippen LogP contribution in [0, 0.1) is 16.7 Å². The molecule has 0 aromatic heterocycles. The molecule has 0 saturated heterocycles. The molecular formula is C13H22N2O. The average Bonchev–Trinajstić information content (AvgIpc) is 2.20. The van der Waals surface area contributed by atoms with Crippen LogP contribution in [0.4, 0.5) is 0 Å². The zero-order valence-corrected chi connectivity index (χ0v) is 10.8. The molecule has 0 saturated carbocycles. The molecule has 0 heterocycles. The van der Waals surface area contributed by atoms with Crippen molar-refractivity contribution in [3.05, 3.63) is 12.2 Å². The predicted octanol–water partition coefficient (Wildman–Crippen LogP) is 2.74. The van der Waals surface area contributed by atoms with Gasteiger partial charge in [0.15, 0.2) is 0 Å². The molecule has 0 radical (unpaired) electrons. The fourth-order valence-corrected chi connectivity index (χ4v) is 1.20. The molecule has 0 atom stereocenters. The van der Waals surface area contributed by atoms with E-state index in [-0.39, 0.29) is 17.9 Å². The van der Waals surface area contributed by atoms with E-state index in [0.717, 1.165) is 12.8 Å². The first kappa shape index (κ1) is 14.7. The Morgan fingerprint density at radius 1 is 1.44 bits per heavy atom. The molecule has 0 fully saturated rings. The number of unbranched alkanes of at least 4 members (excludes halogenated alkanes) is 1. The number of amides is 1. The third kappa shape index (κ3) is 4.48. The average molecular weight is 222 g/mol. The smallest absolute Gasteiger partial charge is 0.250 e. The van der Waals surface area contributed by atoms with Crippen molar-refractivity contribution in [1.82, 2.24) is 4.90 Å². The molecule has 0 aliphatic rings. The van der Waals surface area contributed by atoms with Crippen molar-refractivity contribution in [2.75, 3.05) is 13.1 Å². The summed E-state index contributed by atoms with van der Waals surface area (Å²) in [4.78, 5) is 13.6. The number of nitriles is 1. The van der Waals surface area contributed by atoms with Crippen LogP contribution in [0.3, 0.4) is 0 Å². The highest BCUT2D eigenvalue weighted by molar-refractivity contribution is 5.94. The molecule has 0 N–H and O–H groups in total. The van der Waals surface area contributed by atoms with Gasteiger partial charge < -0.3 is 4.90 Å². The number of carbonyl (C=O) groups is 1. The number of hydrogen-bond donors (Lipinski definition) is 0. The Labute approximate surface area is 98.7 Å². The van der Waals surface area contributed by atoms with E-state index in [0.29, 0.717) is 12.1 Å². The molecule has 0 unspecified atom stereocenters. The fourth-order valence-electron chi connectivity index (χ4n) is 1.20. The van der Waals surface area contributed by atoms with E-state index in [4.69, 9.17) is 5.26 Å². The standard InChI is InChI=1S/C13H22N2O/c1-6-7-9-15(10-8-14)12(16)11(2)13(3,4)5/h2,6-7,9-10H2,1,3-5H3. The van der Waals surface area contributed by atoms with Gasteiger partial charge in [0, 0.05) is 12.1 Å². The summed E-state index contributed by atoms with van der Waals surface area (Å²) >= 11 is 0. The minimum atomic E-state index is -0.239. The normalized spacial score (nSPS) is 10.7. The van der Waals surface area contributed by atoms with Gasteiger partial charge >= 0.3 is 0 Å². The lowest BCUT2D eigenvalue weighted by Gasteiger charge is -2.27. The van der Waals surface area contributed by atoms with Crippen LogP contribution in [0.2, 0.25) is 0 Å². The van der Waals surface area contributed by atoms with Gasteiger partial charge in [-0.25, -0.2) is 0 Å². The van der Waals surface area contributed by atoms with Gasteiger partial charge in [0.05, 0.1) is 6.07 Å². The summed E-state index contributed by atoms with van der Waals surface area (Å²) in [6.07, 6.45) is 1.93. The van der Waals surface area contributed by atoms with E-state index in [1.165, 1.54) is 0 Å². The van der Waals surface area contributed by atoms with Crippen molar-refractivity contribution >= 4 is 5.91 Å². The third-order valence-corrected chi connectivity index (χ3v) is 2.49. The Morgan fingerprint density at radius 2 is 2.00 bits per heavy atom. The molecule has 90 valence electrons. The minimum absolute atomic E-state index is 0.0949. The first-order valence-electron chi connectivity index (χ1n) is 5.70. The van der Waals surface area contributed by atoms with Gasteiger partial charge in [-0.3, -0.25) is 4.79 Å². The zero-order valence-electron chi connectivity index (χ0n) is 10.8. The van der Waals surface area contributed by atoms with Crippen molar-refractivity contribution in [1.29, 1.82) is 5.26 Å². The maximum Gasteiger partial charge on any atom is 0.250 e. The summed E-state index contributed by atoms with van der Waals surface area (Å²) in [6.45, 7) is 12.6. The first-order valence-corrected chi connectivity index (χ1v) is 5.70. The monoisotopic (exact) mass is 222 g/mol. The number of hydrogen-bond acceptors (Lipinski definition) is 2. The molecule has 0 aliphatic heterocycles. The second kappa shape index (κ2) is 6.32. The summed E-state index contributed by atoms with van der Waals surface area (Å²) in [6, 6.07) is 2.03. The van der Waals surface area contributed by atoms with Gasteiger partial charge in [-0.2, -0.15) is 5.26 Å². The molecule has 0 bridgehead atoms. The van der Waals surface area contributed by atoms with Crippen molar-refractivity contribution in [3.63, 3.8) is 0 Å². The van der Waals surface area contributed by atoms with Crippen LogP contribution in [0.15, 0.2) is 12.2 Å². The summed E-state index contributed by atoms with van der Waals surface area (Å²) in [5.74, 6) is -0.0949. The molecule has 0 aromatic carbocycles. The maximum absolute atomic E-state index is 12.1. The van der Waals surface area contributed by atoms with Crippen LogP contribution in [-0.2, 0) is 4.79 Å². The second-order valence-corrected chi connectivity index (χ2v) is 4.97. The van der Waals surface area contributed by atoms with Gasteiger partial charge in [-0.15, -0.1) is 0 Å². The molecule has 0 spiro atoms. The van der Waals surface area contributed by atoms with Gasteiger partial charge in [0.2, 0.25) is 0 Å². The number of carbonyl (C=O) groups excluding carboxylic acids is 1. The van der Waals surface area contributed by atoms with Crippen molar-refractivity contribution in [2.45, 2.75) is 40.5 Å². The van der Waals surface area contributed by atoms with E-state index < -0.39 is 0 Å². The van der Waals surface area contributed by atoms with Crippen LogP contribution in [0.25, 0.3) is 0 Å². The highest BCUT2D eigenvalue weighted by Crippen LogP contribution is 2.25. The summed E-state index contributed by atoms with van der Waals surface area (Å²) in [7, 11) is 0. The highest BCUT2D eigenvalue weighted by atomic mass is 16.2. The van der Waals surface area contributed by atoms with Gasteiger partial charge in [-0.05, 0) is 11.8 Å². The second-order valence-electron chi connectivity index (χ2n) is 4.97. The van der Waals surface area contributed by atoms with Crippen molar-refractivity contribution < 1.29 is 4.79 Å². The Morgan fingerprint density at radius 3 is 2.38 bits per heavy atom. The zero-order chi connectivity index (χ0) is 12.8. The van der Waals surface area contributed by atoms with Crippen LogP contribution in [-0.4, -0.2) is 23.9 Å². The van der Waals surface area contributed by atoms with Gasteiger partial charge in [-0.1, -0.05) is 40.7 Å². The van der Waals surface area contributed by atoms with Gasteiger partial charge in [0.1, 0.15) is 6.54 Å². The first-order chi connectivity index (χ1) is 7.34. The third-order valence-electron chi connectivity index (χ3n) is 2.49. The molecule has 0 aliphatic carbocycles. The Bertz CT molecular complexity index is 294. The SMILES string of the molecule is C=C(C(=O)N(CC#N)CCCC)C(C)(C)C. The van der Waals surface area contributed by atoms with Crippen LogP contribution >= 0.6 is 0 Å². The fraction of sp³-hybridized carbons (Fsp3) is 0.692. The van der Waals surface area contributed by atoms with Crippen LogP contribution < -0.4 is 0 Å². The number of rotatable bonds is 5. The lowest BCUT2D eigenvalue weighted by Crippen LogP contribution is -2.36. The van der Waals surface area contributed by atoms with E-state index in [1.807, 2.05) is 26.8 Å². The Balaban J connectivity index is 4.62. The molecule has 0 rings (SSSR count). The predicted molar refractivity (Wildman–Crippen MR) is 65.7 cm³/mol. The minimum Gasteiger partial charge on any atom is -0.326 e. The molecule has 16 heavy (non-hydrogen) atoms. The Hall–Kier alpha value is -1.30. The molecule has 3 nitrogen and oxygen atoms in total. The van der Waals surface area contributed by atoms with Crippen LogP contribution in [0.5, 0.6) is 0 Å². The van der Waals surface area contributed by atoms with E-state index in [2.05, 4.69) is 13.5 Å². The van der Waals surface area contributed by atoms with Gasteiger partial charge in [0.25, 0.3) is 5.91 Å². The van der Waals surface area contributed by atoms with E-state index >= 15 is 0 Å². The molecule has 3 heteroatoms. The van der Waals surface area contributed by atoms with E-state index in [1.54, 1.807) is 4.90 Å². The van der Waals surface area contributed by atoms with Crippen LogP contribution in [0.1, 0.15) is 40.5 Å².